The quantitative estimate of drug-likeness (QED) is 0.618. The van der Waals surface area contributed by atoms with Gasteiger partial charge in [0, 0.05) is 6.54 Å². The average Bonchev–Trinajstić information content (AvgIpc) is 2.10. The molecule has 0 aromatic carbocycles. The minimum absolute atomic E-state index is 0.126. The second-order valence-electron chi connectivity index (χ2n) is 2.34. The maximum Gasteiger partial charge on any atom is 0.176 e. The molecule has 0 saturated carbocycles. The van der Waals surface area contributed by atoms with Crippen LogP contribution in [0, 0.1) is 0 Å². The van der Waals surface area contributed by atoms with Crippen molar-refractivity contribution in [2.45, 2.75) is 12.5 Å². The van der Waals surface area contributed by atoms with Gasteiger partial charge in [-0.05, 0) is 30.6 Å². The van der Waals surface area contributed by atoms with Gasteiger partial charge in [0.25, 0.3) is 0 Å². The maximum atomic E-state index is 5.72. The number of thioether (sulfide) groups is 1. The zero-order valence-electron chi connectivity index (χ0n) is 7.29. The third kappa shape index (κ3) is 5.77. The molecule has 0 aromatic rings. The summed E-state index contributed by atoms with van der Waals surface area (Å²) in [7, 11) is 0. The van der Waals surface area contributed by atoms with Gasteiger partial charge in [-0.25, -0.2) is 0 Å². The number of thiocarbonyl (C=S) groups is 1. The first kappa shape index (κ1) is 12.2. The maximum absolute atomic E-state index is 5.72. The summed E-state index contributed by atoms with van der Waals surface area (Å²) in [6.07, 6.45) is 2.90. The summed E-state index contributed by atoms with van der Waals surface area (Å²) in [5.41, 5.74) is 11.0. The number of hydrogen-bond donors (Lipinski definition) is 2. The SMILES string of the molecule is CSCC[C@H](N)C(=S)OCCN. The van der Waals surface area contributed by atoms with Crippen LogP contribution in [0.3, 0.4) is 0 Å². The summed E-state index contributed by atoms with van der Waals surface area (Å²) >= 11 is 6.69. The lowest BCUT2D eigenvalue weighted by Crippen LogP contribution is -2.32. The predicted octanol–water partition coefficient (Wildman–Crippen LogP) is 0.370. The Kier molecular flexibility index (Phi) is 7.89. The Morgan fingerprint density at radius 3 is 2.83 bits per heavy atom. The average molecular weight is 208 g/mol. The fraction of sp³-hybridized carbons (Fsp3) is 0.857. The van der Waals surface area contributed by atoms with Crippen LogP contribution in [0.2, 0.25) is 0 Å². The lowest BCUT2D eigenvalue weighted by atomic mass is 10.2. The number of ether oxygens (including phenoxy) is 1. The molecule has 0 spiro atoms. The van der Waals surface area contributed by atoms with Gasteiger partial charge in [-0.15, -0.1) is 0 Å². The highest BCUT2D eigenvalue weighted by Crippen LogP contribution is 2.01. The van der Waals surface area contributed by atoms with E-state index in [1.165, 1.54) is 0 Å². The number of nitrogens with two attached hydrogens (primary N) is 2. The van der Waals surface area contributed by atoms with Crippen LogP contribution in [0.5, 0.6) is 0 Å². The normalized spacial score (nSPS) is 12.6. The second-order valence-corrected chi connectivity index (χ2v) is 3.73. The third-order valence-electron chi connectivity index (χ3n) is 1.30. The summed E-state index contributed by atoms with van der Waals surface area (Å²) in [6, 6.07) is -0.126. The van der Waals surface area contributed by atoms with Gasteiger partial charge in [-0.1, -0.05) is 0 Å². The van der Waals surface area contributed by atoms with Gasteiger partial charge in [0.1, 0.15) is 6.61 Å². The molecule has 0 saturated heterocycles. The van der Waals surface area contributed by atoms with E-state index in [0.29, 0.717) is 18.2 Å². The molecule has 0 amide bonds. The molecule has 1 atom stereocenters. The van der Waals surface area contributed by atoms with Crippen molar-refractivity contribution < 1.29 is 4.74 Å². The van der Waals surface area contributed by atoms with E-state index in [1.54, 1.807) is 11.8 Å². The molecule has 0 aliphatic rings. The van der Waals surface area contributed by atoms with Crippen molar-refractivity contribution in [3.63, 3.8) is 0 Å². The van der Waals surface area contributed by atoms with Crippen LogP contribution in [0.25, 0.3) is 0 Å². The Morgan fingerprint density at radius 1 is 1.67 bits per heavy atom. The summed E-state index contributed by atoms with van der Waals surface area (Å²) in [6.45, 7) is 0.946. The number of hydrogen-bond acceptors (Lipinski definition) is 5. The lowest BCUT2D eigenvalue weighted by Gasteiger charge is -2.12. The Labute approximate surface area is 83.2 Å². The second kappa shape index (κ2) is 7.79. The molecule has 0 unspecified atom stereocenters. The van der Waals surface area contributed by atoms with Gasteiger partial charge in [-0.2, -0.15) is 11.8 Å². The molecule has 0 aliphatic carbocycles. The molecular formula is C7H16N2OS2. The Bertz CT molecular complexity index is 133. The zero-order chi connectivity index (χ0) is 9.40. The van der Waals surface area contributed by atoms with Crippen molar-refractivity contribution in [1.82, 2.24) is 0 Å². The van der Waals surface area contributed by atoms with Gasteiger partial charge in [0.2, 0.25) is 0 Å². The zero-order valence-corrected chi connectivity index (χ0v) is 8.92. The fourth-order valence-electron chi connectivity index (χ4n) is 0.629. The van der Waals surface area contributed by atoms with Crippen molar-refractivity contribution in [2.75, 3.05) is 25.2 Å². The van der Waals surface area contributed by atoms with E-state index in [2.05, 4.69) is 0 Å². The van der Waals surface area contributed by atoms with Crippen molar-refractivity contribution in [1.29, 1.82) is 0 Å². The Morgan fingerprint density at radius 2 is 2.33 bits per heavy atom. The van der Waals surface area contributed by atoms with E-state index >= 15 is 0 Å². The van der Waals surface area contributed by atoms with Gasteiger partial charge in [0.05, 0.1) is 6.04 Å². The summed E-state index contributed by atoms with van der Waals surface area (Å²) in [5.74, 6) is 1.01. The Balaban J connectivity index is 3.47. The van der Waals surface area contributed by atoms with Crippen molar-refractivity contribution >= 4 is 29.0 Å². The first-order valence-corrected chi connectivity index (χ1v) is 5.63. The monoisotopic (exact) mass is 208 g/mol. The standard InChI is InChI=1S/C7H16N2OS2/c1-12-5-2-6(9)7(11)10-4-3-8/h6H,2-5,8-9H2,1H3/t6-/m0/s1. The predicted molar refractivity (Wildman–Crippen MR) is 58.6 cm³/mol. The first-order valence-electron chi connectivity index (χ1n) is 3.83. The molecule has 72 valence electrons. The highest BCUT2D eigenvalue weighted by atomic mass is 32.2. The number of rotatable bonds is 6. The molecule has 0 radical (unpaired) electrons. The topological polar surface area (TPSA) is 61.3 Å². The fourth-order valence-corrected chi connectivity index (χ4v) is 1.32. The van der Waals surface area contributed by atoms with Crippen molar-refractivity contribution in [3.05, 3.63) is 0 Å². The minimum atomic E-state index is -0.126. The minimum Gasteiger partial charge on any atom is -0.484 e. The highest BCUT2D eigenvalue weighted by Gasteiger charge is 2.08. The van der Waals surface area contributed by atoms with Crippen molar-refractivity contribution in [3.8, 4) is 0 Å². The molecule has 0 bridgehead atoms. The lowest BCUT2D eigenvalue weighted by molar-refractivity contribution is 0.309. The molecule has 3 nitrogen and oxygen atoms in total. The van der Waals surface area contributed by atoms with Gasteiger partial charge < -0.3 is 16.2 Å². The van der Waals surface area contributed by atoms with E-state index in [9.17, 15) is 0 Å². The van der Waals surface area contributed by atoms with Crippen LogP contribution in [0.15, 0.2) is 0 Å². The van der Waals surface area contributed by atoms with Crippen LogP contribution >= 0.6 is 24.0 Å². The van der Waals surface area contributed by atoms with Crippen LogP contribution in [0.1, 0.15) is 6.42 Å². The largest absolute Gasteiger partial charge is 0.484 e. The van der Waals surface area contributed by atoms with E-state index in [1.807, 2.05) is 6.26 Å². The molecule has 0 fully saturated rings. The van der Waals surface area contributed by atoms with E-state index in [0.717, 1.165) is 12.2 Å². The van der Waals surface area contributed by atoms with Gasteiger partial charge >= 0.3 is 0 Å². The van der Waals surface area contributed by atoms with Crippen LogP contribution in [-0.4, -0.2) is 36.3 Å². The van der Waals surface area contributed by atoms with Crippen LogP contribution < -0.4 is 11.5 Å². The summed E-state index contributed by atoms with van der Waals surface area (Å²) < 4.78 is 5.12. The first-order chi connectivity index (χ1) is 5.72. The molecule has 12 heavy (non-hydrogen) atoms. The van der Waals surface area contributed by atoms with Crippen LogP contribution in [0.4, 0.5) is 0 Å². The smallest absolute Gasteiger partial charge is 0.176 e. The molecule has 4 N–H and O–H groups in total. The third-order valence-corrected chi connectivity index (χ3v) is 2.36. The van der Waals surface area contributed by atoms with E-state index in [-0.39, 0.29) is 6.04 Å². The Hall–Kier alpha value is 0.160. The summed E-state index contributed by atoms with van der Waals surface area (Å²) in [4.78, 5) is 0. The van der Waals surface area contributed by atoms with E-state index in [4.69, 9.17) is 28.4 Å². The summed E-state index contributed by atoms with van der Waals surface area (Å²) in [5, 5.41) is 0.481. The molecule has 0 rings (SSSR count). The van der Waals surface area contributed by atoms with Gasteiger partial charge in [0.15, 0.2) is 5.05 Å². The highest BCUT2D eigenvalue weighted by molar-refractivity contribution is 7.98. The van der Waals surface area contributed by atoms with Crippen molar-refractivity contribution in [2.24, 2.45) is 11.5 Å². The van der Waals surface area contributed by atoms with Crippen LogP contribution in [-0.2, 0) is 4.74 Å². The van der Waals surface area contributed by atoms with E-state index < -0.39 is 0 Å². The molecule has 0 heterocycles. The molecule has 5 heteroatoms. The molecule has 0 aromatic heterocycles. The van der Waals surface area contributed by atoms with Gasteiger partial charge in [-0.3, -0.25) is 0 Å². The molecule has 0 aliphatic heterocycles. The molecular weight excluding hydrogens is 192 g/mol.